The Hall–Kier alpha value is -0.980. The normalized spacial score (nSPS) is 12.5. The maximum absolute atomic E-state index is 6.57. The molecule has 2 aromatic carbocycles. The maximum atomic E-state index is 6.57. The topological polar surface area (TPSA) is 0 Å². The largest absolute Gasteiger partial charge is 0.117 e. The van der Waals surface area contributed by atoms with Crippen LogP contribution in [-0.4, -0.2) is 0 Å². The molecule has 0 amide bonds. The van der Waals surface area contributed by atoms with E-state index in [-0.39, 0.29) is 5.38 Å². The van der Waals surface area contributed by atoms with Gasteiger partial charge in [-0.15, -0.1) is 11.6 Å². The predicted molar refractivity (Wildman–Crippen MR) is 84.4 cm³/mol. The highest BCUT2D eigenvalue weighted by atomic mass is 35.5. The first-order valence-corrected chi connectivity index (χ1v) is 7.25. The Kier molecular flexibility index (Phi) is 4.54. The van der Waals surface area contributed by atoms with Crippen LogP contribution in [0.2, 0.25) is 5.02 Å². The van der Waals surface area contributed by atoms with Crippen LogP contribution in [0.5, 0.6) is 0 Å². The standard InChI is InChI=1S/C17H18Cl2/c1-11-4-6-14(7-5-11)10-17(19)15-8-13(3)16(18)9-12(15)2/h4-9,17H,10H2,1-3H3. The van der Waals surface area contributed by atoms with E-state index in [0.29, 0.717) is 0 Å². The zero-order valence-corrected chi connectivity index (χ0v) is 13.0. The van der Waals surface area contributed by atoms with E-state index >= 15 is 0 Å². The molecule has 0 heterocycles. The number of aryl methyl sites for hydroxylation is 3. The van der Waals surface area contributed by atoms with Crippen molar-refractivity contribution in [3.63, 3.8) is 0 Å². The van der Waals surface area contributed by atoms with E-state index in [1.165, 1.54) is 16.7 Å². The van der Waals surface area contributed by atoms with Crippen molar-refractivity contribution < 1.29 is 0 Å². The van der Waals surface area contributed by atoms with E-state index in [9.17, 15) is 0 Å². The highest BCUT2D eigenvalue weighted by Gasteiger charge is 2.13. The molecule has 100 valence electrons. The molecule has 2 aromatic rings. The van der Waals surface area contributed by atoms with Gasteiger partial charge in [-0.05, 0) is 55.5 Å². The fraction of sp³-hybridized carbons (Fsp3) is 0.294. The minimum absolute atomic E-state index is 0.0151. The number of alkyl halides is 1. The SMILES string of the molecule is Cc1ccc(CC(Cl)c2cc(C)c(Cl)cc2C)cc1. The van der Waals surface area contributed by atoms with Gasteiger partial charge < -0.3 is 0 Å². The number of rotatable bonds is 3. The van der Waals surface area contributed by atoms with E-state index < -0.39 is 0 Å². The van der Waals surface area contributed by atoms with Crippen molar-refractivity contribution in [1.82, 2.24) is 0 Å². The molecule has 2 rings (SSSR count). The molecule has 0 aliphatic rings. The number of halogens is 2. The van der Waals surface area contributed by atoms with Crippen LogP contribution >= 0.6 is 23.2 Å². The Morgan fingerprint density at radius 1 is 0.947 bits per heavy atom. The molecule has 0 nitrogen and oxygen atoms in total. The highest BCUT2D eigenvalue weighted by molar-refractivity contribution is 6.31. The van der Waals surface area contributed by atoms with E-state index in [1.54, 1.807) is 0 Å². The van der Waals surface area contributed by atoms with E-state index in [4.69, 9.17) is 23.2 Å². The zero-order chi connectivity index (χ0) is 14.0. The Balaban J connectivity index is 2.22. The molecular weight excluding hydrogens is 275 g/mol. The van der Waals surface area contributed by atoms with Gasteiger partial charge in [0.15, 0.2) is 0 Å². The van der Waals surface area contributed by atoms with E-state index in [2.05, 4.69) is 44.2 Å². The Morgan fingerprint density at radius 2 is 1.58 bits per heavy atom. The van der Waals surface area contributed by atoms with Gasteiger partial charge in [0.1, 0.15) is 0 Å². The smallest absolute Gasteiger partial charge is 0.0628 e. The Labute approximate surface area is 125 Å². The first kappa shape index (κ1) is 14.4. The molecule has 0 aromatic heterocycles. The van der Waals surface area contributed by atoms with E-state index in [0.717, 1.165) is 22.6 Å². The van der Waals surface area contributed by atoms with Crippen molar-refractivity contribution in [2.24, 2.45) is 0 Å². The fourth-order valence-corrected chi connectivity index (χ4v) is 2.81. The molecule has 0 saturated carbocycles. The average Bonchev–Trinajstić information content (AvgIpc) is 2.36. The molecule has 0 aliphatic carbocycles. The highest BCUT2D eigenvalue weighted by Crippen LogP contribution is 2.31. The third kappa shape index (κ3) is 3.52. The summed E-state index contributed by atoms with van der Waals surface area (Å²) in [6.45, 7) is 6.17. The lowest BCUT2D eigenvalue weighted by Gasteiger charge is -2.15. The van der Waals surface area contributed by atoms with Gasteiger partial charge in [-0.25, -0.2) is 0 Å². The summed E-state index contributed by atoms with van der Waals surface area (Å²) >= 11 is 12.7. The number of hydrogen-bond donors (Lipinski definition) is 0. The molecule has 2 heteroatoms. The monoisotopic (exact) mass is 292 g/mol. The third-order valence-electron chi connectivity index (χ3n) is 3.42. The lowest BCUT2D eigenvalue weighted by atomic mass is 9.98. The molecule has 0 fully saturated rings. The summed E-state index contributed by atoms with van der Waals surface area (Å²) in [7, 11) is 0. The Bertz CT molecular complexity index is 571. The summed E-state index contributed by atoms with van der Waals surface area (Å²) in [6, 6.07) is 12.6. The minimum Gasteiger partial charge on any atom is -0.117 e. The molecule has 0 N–H and O–H groups in total. The van der Waals surface area contributed by atoms with Crippen LogP contribution in [0.1, 0.15) is 33.2 Å². The second kappa shape index (κ2) is 5.98. The van der Waals surface area contributed by atoms with Crippen molar-refractivity contribution >= 4 is 23.2 Å². The predicted octanol–water partition coefficient (Wildman–Crippen LogP) is 5.79. The van der Waals surface area contributed by atoms with Crippen LogP contribution in [0.25, 0.3) is 0 Å². The quantitative estimate of drug-likeness (QED) is 0.628. The molecule has 0 aliphatic heterocycles. The van der Waals surface area contributed by atoms with Crippen LogP contribution in [0.3, 0.4) is 0 Å². The van der Waals surface area contributed by atoms with Gasteiger partial charge in [0, 0.05) is 5.02 Å². The molecule has 0 bridgehead atoms. The van der Waals surface area contributed by atoms with Gasteiger partial charge in [0.05, 0.1) is 5.38 Å². The molecule has 1 unspecified atom stereocenters. The van der Waals surface area contributed by atoms with Gasteiger partial charge in [-0.1, -0.05) is 47.5 Å². The Morgan fingerprint density at radius 3 is 2.21 bits per heavy atom. The zero-order valence-electron chi connectivity index (χ0n) is 11.5. The van der Waals surface area contributed by atoms with Crippen LogP contribution in [0.4, 0.5) is 0 Å². The first-order chi connectivity index (χ1) is 8.97. The molecule has 0 radical (unpaired) electrons. The maximum Gasteiger partial charge on any atom is 0.0628 e. The van der Waals surface area contributed by atoms with Crippen LogP contribution in [0.15, 0.2) is 36.4 Å². The lowest BCUT2D eigenvalue weighted by Crippen LogP contribution is -1.99. The fourth-order valence-electron chi connectivity index (χ4n) is 2.18. The van der Waals surface area contributed by atoms with Crippen molar-refractivity contribution in [3.05, 3.63) is 69.2 Å². The number of benzene rings is 2. The summed E-state index contributed by atoms with van der Waals surface area (Å²) < 4.78 is 0. The summed E-state index contributed by atoms with van der Waals surface area (Å²) in [6.07, 6.45) is 0.837. The number of hydrogen-bond acceptors (Lipinski definition) is 0. The van der Waals surface area contributed by atoms with Crippen molar-refractivity contribution in [2.75, 3.05) is 0 Å². The van der Waals surface area contributed by atoms with E-state index in [1.807, 2.05) is 13.0 Å². The summed E-state index contributed by atoms with van der Waals surface area (Å²) in [5, 5.41) is 0.791. The molecular formula is C17H18Cl2. The third-order valence-corrected chi connectivity index (χ3v) is 4.22. The summed E-state index contributed by atoms with van der Waals surface area (Å²) in [5.41, 5.74) is 5.94. The summed E-state index contributed by atoms with van der Waals surface area (Å²) in [4.78, 5) is 0. The van der Waals surface area contributed by atoms with Gasteiger partial charge in [0.2, 0.25) is 0 Å². The van der Waals surface area contributed by atoms with Gasteiger partial charge in [0.25, 0.3) is 0 Å². The second-order valence-corrected chi connectivity index (χ2v) is 6.05. The van der Waals surface area contributed by atoms with Gasteiger partial charge in [-0.2, -0.15) is 0 Å². The summed E-state index contributed by atoms with van der Waals surface area (Å²) in [5.74, 6) is 0. The van der Waals surface area contributed by atoms with Crippen molar-refractivity contribution in [3.8, 4) is 0 Å². The molecule has 1 atom stereocenters. The minimum atomic E-state index is -0.0151. The molecule has 19 heavy (non-hydrogen) atoms. The van der Waals surface area contributed by atoms with Gasteiger partial charge >= 0.3 is 0 Å². The van der Waals surface area contributed by atoms with Crippen molar-refractivity contribution in [2.45, 2.75) is 32.6 Å². The van der Waals surface area contributed by atoms with Crippen LogP contribution < -0.4 is 0 Å². The molecule has 0 saturated heterocycles. The molecule has 0 spiro atoms. The van der Waals surface area contributed by atoms with Crippen LogP contribution in [-0.2, 0) is 6.42 Å². The average molecular weight is 293 g/mol. The first-order valence-electron chi connectivity index (χ1n) is 6.43. The van der Waals surface area contributed by atoms with Crippen LogP contribution in [0, 0.1) is 20.8 Å². The van der Waals surface area contributed by atoms with Gasteiger partial charge in [-0.3, -0.25) is 0 Å². The van der Waals surface area contributed by atoms with Crippen molar-refractivity contribution in [1.29, 1.82) is 0 Å². The lowest BCUT2D eigenvalue weighted by molar-refractivity contribution is 0.907. The second-order valence-electron chi connectivity index (χ2n) is 5.12.